The van der Waals surface area contributed by atoms with Crippen LogP contribution in [0.5, 0.6) is 5.75 Å². The van der Waals surface area contributed by atoms with Gasteiger partial charge in [-0.2, -0.15) is 0 Å². The van der Waals surface area contributed by atoms with Crippen LogP contribution in [0, 0.1) is 5.41 Å². The van der Waals surface area contributed by atoms with E-state index >= 15 is 0 Å². The van der Waals surface area contributed by atoms with E-state index in [1.807, 2.05) is 37.3 Å². The molecular formula is C29H31NO5. The maximum atomic E-state index is 13.4. The number of hydrogen-bond donors (Lipinski definition) is 1. The van der Waals surface area contributed by atoms with Crippen molar-refractivity contribution in [3.8, 4) is 5.75 Å². The molecule has 35 heavy (non-hydrogen) atoms. The number of Topliss-reactive ketones (excluding diaryl/α,β-unsaturated/α-hetero) is 1. The Labute approximate surface area is 206 Å². The molecule has 0 saturated heterocycles. The number of dihydropyridines is 1. The van der Waals surface area contributed by atoms with E-state index in [9.17, 15) is 14.4 Å². The molecule has 0 unspecified atom stereocenters. The average molecular weight is 474 g/mol. The minimum Gasteiger partial charge on any atom is -0.462 e. The first-order chi connectivity index (χ1) is 16.6. The van der Waals surface area contributed by atoms with Crippen LogP contribution in [-0.2, 0) is 25.5 Å². The Morgan fingerprint density at radius 3 is 2.37 bits per heavy atom. The van der Waals surface area contributed by atoms with E-state index in [-0.39, 0.29) is 17.8 Å². The van der Waals surface area contributed by atoms with Crippen molar-refractivity contribution in [3.63, 3.8) is 0 Å². The topological polar surface area (TPSA) is 81.7 Å². The van der Waals surface area contributed by atoms with Gasteiger partial charge in [-0.15, -0.1) is 0 Å². The van der Waals surface area contributed by atoms with Gasteiger partial charge in [0, 0.05) is 42.7 Å². The summed E-state index contributed by atoms with van der Waals surface area (Å²) in [6.07, 6.45) is 1.73. The van der Waals surface area contributed by atoms with Gasteiger partial charge in [-0.3, -0.25) is 9.59 Å². The Kier molecular flexibility index (Phi) is 6.92. The molecule has 0 spiro atoms. The minimum absolute atomic E-state index is 0.0277. The zero-order valence-electron chi connectivity index (χ0n) is 20.6. The van der Waals surface area contributed by atoms with Crippen molar-refractivity contribution in [1.29, 1.82) is 0 Å². The molecule has 0 aromatic heterocycles. The molecule has 0 radical (unpaired) electrons. The summed E-state index contributed by atoms with van der Waals surface area (Å²) in [4.78, 5) is 38.1. The fourth-order valence-electron chi connectivity index (χ4n) is 4.92. The molecule has 1 N–H and O–H groups in total. The molecule has 182 valence electrons. The van der Waals surface area contributed by atoms with Crippen LogP contribution in [0.15, 0.2) is 77.1 Å². The number of carbonyl (C=O) groups is 3. The summed E-state index contributed by atoms with van der Waals surface area (Å²) in [7, 11) is 0. The summed E-state index contributed by atoms with van der Waals surface area (Å²) in [5.74, 6) is -0.963. The summed E-state index contributed by atoms with van der Waals surface area (Å²) in [5, 5.41) is 3.35. The Morgan fingerprint density at radius 2 is 1.71 bits per heavy atom. The SMILES string of the molecule is CC(=O)Oc1ccc([C@H]2C(C(=O)OCCc3ccccc3)=C(C)NC3=C2C(=O)CC(C)(C)C3)cc1. The number of carbonyl (C=O) groups excluding carboxylic acids is 3. The third-order valence-corrected chi connectivity index (χ3v) is 6.40. The Balaban J connectivity index is 1.66. The van der Waals surface area contributed by atoms with Crippen LogP contribution in [0.3, 0.4) is 0 Å². The number of rotatable bonds is 6. The van der Waals surface area contributed by atoms with Crippen LogP contribution in [0.1, 0.15) is 57.6 Å². The first-order valence-corrected chi connectivity index (χ1v) is 11.9. The van der Waals surface area contributed by atoms with Gasteiger partial charge in [-0.05, 0) is 42.0 Å². The fourth-order valence-corrected chi connectivity index (χ4v) is 4.92. The fraction of sp³-hybridized carbons (Fsp3) is 0.345. The van der Waals surface area contributed by atoms with Crippen LogP contribution < -0.4 is 10.1 Å². The zero-order chi connectivity index (χ0) is 25.2. The van der Waals surface area contributed by atoms with Crippen molar-refractivity contribution in [1.82, 2.24) is 5.32 Å². The van der Waals surface area contributed by atoms with E-state index in [0.717, 1.165) is 16.8 Å². The van der Waals surface area contributed by atoms with E-state index < -0.39 is 17.9 Å². The molecule has 2 aromatic rings. The van der Waals surface area contributed by atoms with Crippen LogP contribution in [0.4, 0.5) is 0 Å². The largest absolute Gasteiger partial charge is 0.462 e. The normalized spacial score (nSPS) is 19.1. The summed E-state index contributed by atoms with van der Waals surface area (Å²) < 4.78 is 10.9. The summed E-state index contributed by atoms with van der Waals surface area (Å²) in [6.45, 7) is 7.59. The van der Waals surface area contributed by atoms with E-state index in [0.29, 0.717) is 41.9 Å². The molecule has 1 aliphatic heterocycles. The summed E-state index contributed by atoms with van der Waals surface area (Å²) >= 11 is 0. The molecular weight excluding hydrogens is 442 g/mol. The van der Waals surface area contributed by atoms with Gasteiger partial charge in [0.1, 0.15) is 5.75 Å². The zero-order valence-corrected chi connectivity index (χ0v) is 20.6. The monoisotopic (exact) mass is 473 g/mol. The number of benzene rings is 2. The third-order valence-electron chi connectivity index (χ3n) is 6.40. The standard InChI is InChI=1S/C29H31NO5/c1-18-25(28(33)34-15-14-20-8-6-5-7-9-20)26(21-10-12-22(13-11-21)35-19(2)31)27-23(30-18)16-29(3,4)17-24(27)32/h5-13,26,30H,14-17H2,1-4H3/t26-/m0/s1. The number of ketones is 1. The predicted octanol–water partition coefficient (Wildman–Crippen LogP) is 5.00. The van der Waals surface area contributed by atoms with Crippen molar-refractivity contribution in [2.45, 2.75) is 52.9 Å². The van der Waals surface area contributed by atoms with Crippen molar-refractivity contribution in [3.05, 3.63) is 88.3 Å². The molecule has 6 heteroatoms. The Hall–Kier alpha value is -3.67. The van der Waals surface area contributed by atoms with Gasteiger partial charge in [0.2, 0.25) is 0 Å². The smallest absolute Gasteiger partial charge is 0.336 e. The first-order valence-electron chi connectivity index (χ1n) is 11.9. The molecule has 2 aliphatic rings. The molecule has 4 rings (SSSR count). The number of ether oxygens (including phenoxy) is 2. The molecule has 2 aromatic carbocycles. The van der Waals surface area contributed by atoms with Gasteiger partial charge in [-0.1, -0.05) is 56.3 Å². The Bertz CT molecular complexity index is 1210. The van der Waals surface area contributed by atoms with E-state index in [2.05, 4.69) is 19.2 Å². The van der Waals surface area contributed by atoms with Gasteiger partial charge in [0.15, 0.2) is 5.78 Å². The molecule has 1 heterocycles. The molecule has 0 amide bonds. The third kappa shape index (κ3) is 5.53. The average Bonchev–Trinajstić information content (AvgIpc) is 2.78. The van der Waals surface area contributed by atoms with Crippen LogP contribution in [-0.4, -0.2) is 24.3 Å². The molecule has 0 fully saturated rings. The van der Waals surface area contributed by atoms with Crippen molar-refractivity contribution >= 4 is 17.7 Å². The number of allylic oxidation sites excluding steroid dienone is 3. The van der Waals surface area contributed by atoms with Gasteiger partial charge >= 0.3 is 11.9 Å². The van der Waals surface area contributed by atoms with Crippen molar-refractivity contribution in [2.75, 3.05) is 6.61 Å². The summed E-state index contributed by atoms with van der Waals surface area (Å²) in [5.41, 5.74) is 4.29. The lowest BCUT2D eigenvalue weighted by Crippen LogP contribution is -2.38. The second-order valence-electron chi connectivity index (χ2n) is 9.96. The van der Waals surface area contributed by atoms with Crippen LogP contribution >= 0.6 is 0 Å². The maximum Gasteiger partial charge on any atom is 0.336 e. The molecule has 1 atom stereocenters. The van der Waals surface area contributed by atoms with Gasteiger partial charge < -0.3 is 14.8 Å². The van der Waals surface area contributed by atoms with Crippen LogP contribution in [0.25, 0.3) is 0 Å². The molecule has 0 bridgehead atoms. The first kappa shape index (κ1) is 24.5. The van der Waals surface area contributed by atoms with Crippen molar-refractivity contribution in [2.24, 2.45) is 5.41 Å². The van der Waals surface area contributed by atoms with E-state index in [1.54, 1.807) is 24.3 Å². The highest BCUT2D eigenvalue weighted by molar-refractivity contribution is 6.04. The van der Waals surface area contributed by atoms with Gasteiger partial charge in [-0.25, -0.2) is 4.79 Å². The molecule has 0 saturated carbocycles. The molecule has 6 nitrogen and oxygen atoms in total. The quantitative estimate of drug-likeness (QED) is 0.470. The highest BCUT2D eigenvalue weighted by Gasteiger charge is 2.43. The van der Waals surface area contributed by atoms with Crippen molar-refractivity contribution < 1.29 is 23.9 Å². The lowest BCUT2D eigenvalue weighted by Gasteiger charge is -2.39. The predicted molar refractivity (Wildman–Crippen MR) is 132 cm³/mol. The highest BCUT2D eigenvalue weighted by Crippen LogP contribution is 2.47. The van der Waals surface area contributed by atoms with E-state index in [4.69, 9.17) is 9.47 Å². The molecule has 1 aliphatic carbocycles. The lowest BCUT2D eigenvalue weighted by atomic mass is 9.68. The van der Waals surface area contributed by atoms with Crippen LogP contribution in [0.2, 0.25) is 0 Å². The van der Waals surface area contributed by atoms with Gasteiger partial charge in [0.05, 0.1) is 12.2 Å². The Morgan fingerprint density at radius 1 is 1.03 bits per heavy atom. The highest BCUT2D eigenvalue weighted by atomic mass is 16.5. The number of esters is 2. The van der Waals surface area contributed by atoms with Gasteiger partial charge in [0.25, 0.3) is 0 Å². The second kappa shape index (κ2) is 9.90. The minimum atomic E-state index is -0.551. The number of hydrogen-bond acceptors (Lipinski definition) is 6. The van der Waals surface area contributed by atoms with E-state index in [1.165, 1.54) is 6.92 Å². The summed E-state index contributed by atoms with van der Waals surface area (Å²) in [6, 6.07) is 16.8. The maximum absolute atomic E-state index is 13.4. The second-order valence-corrected chi connectivity index (χ2v) is 9.96. The number of nitrogens with one attached hydrogen (secondary N) is 1. The lowest BCUT2D eigenvalue weighted by molar-refractivity contribution is -0.139.